The molecule has 54 valence electrons. The molecule has 1 atom stereocenters. The van der Waals surface area contributed by atoms with Gasteiger partial charge in [0.15, 0.2) is 0 Å². The van der Waals surface area contributed by atoms with Crippen LogP contribution in [0.3, 0.4) is 0 Å². The number of hydrogen-bond acceptors (Lipinski definition) is 2. The fraction of sp³-hybridized carbons (Fsp3) is 1.00. The van der Waals surface area contributed by atoms with Crippen molar-refractivity contribution in [1.29, 1.82) is 0 Å². The second-order valence-corrected chi connectivity index (χ2v) is 2.56. The van der Waals surface area contributed by atoms with Gasteiger partial charge < -0.3 is 4.74 Å². The molecule has 0 amide bonds. The number of ether oxygens (including phenoxy) is 1. The van der Waals surface area contributed by atoms with E-state index in [0.29, 0.717) is 6.04 Å². The third kappa shape index (κ3) is 2.33. The lowest BCUT2D eigenvalue weighted by Crippen LogP contribution is -2.22. The van der Waals surface area contributed by atoms with Gasteiger partial charge in [0.1, 0.15) is 0 Å². The summed E-state index contributed by atoms with van der Waals surface area (Å²) in [5, 5.41) is 3.27. The Bertz CT molecular complexity index is 69.3. The third-order valence-electron chi connectivity index (χ3n) is 1.70. The number of nitrogens with one attached hydrogen (secondary N) is 1. The molecular weight excluding hydrogens is 114 g/mol. The predicted molar refractivity (Wildman–Crippen MR) is 37.3 cm³/mol. The highest BCUT2D eigenvalue weighted by molar-refractivity contribution is 4.67. The van der Waals surface area contributed by atoms with Crippen LogP contribution in [-0.4, -0.2) is 19.4 Å². The molecule has 1 fully saturated rings. The molecule has 0 aromatic carbocycles. The van der Waals surface area contributed by atoms with Gasteiger partial charge in [0, 0.05) is 6.04 Å². The van der Waals surface area contributed by atoms with E-state index in [1.807, 2.05) is 0 Å². The molecule has 1 aliphatic rings. The average Bonchev–Trinajstić information content (AvgIpc) is 2.34. The highest BCUT2D eigenvalue weighted by Gasteiger charge is 2.12. The standard InChI is InChI=1S/C7H15NO/c1-2-3-4-7-5-9-6-8-7/h7-8H,2-6H2,1H3. The van der Waals surface area contributed by atoms with Gasteiger partial charge in [-0.1, -0.05) is 19.8 Å². The molecule has 0 aliphatic carbocycles. The van der Waals surface area contributed by atoms with E-state index in [1.54, 1.807) is 0 Å². The van der Waals surface area contributed by atoms with Gasteiger partial charge in [-0.3, -0.25) is 5.32 Å². The molecule has 2 heteroatoms. The lowest BCUT2D eigenvalue weighted by molar-refractivity contribution is 0.188. The highest BCUT2D eigenvalue weighted by atomic mass is 16.5. The van der Waals surface area contributed by atoms with Crippen LogP contribution in [0.15, 0.2) is 0 Å². The maximum absolute atomic E-state index is 5.14. The zero-order valence-corrected chi connectivity index (χ0v) is 6.02. The first kappa shape index (κ1) is 7.03. The summed E-state index contributed by atoms with van der Waals surface area (Å²) in [5.74, 6) is 0. The van der Waals surface area contributed by atoms with E-state index < -0.39 is 0 Å². The number of rotatable bonds is 3. The van der Waals surface area contributed by atoms with Crippen LogP contribution in [0, 0.1) is 0 Å². The van der Waals surface area contributed by atoms with Crippen molar-refractivity contribution in [3.05, 3.63) is 0 Å². The maximum Gasteiger partial charge on any atom is 0.0968 e. The molecule has 9 heavy (non-hydrogen) atoms. The molecule has 2 nitrogen and oxygen atoms in total. The van der Waals surface area contributed by atoms with Gasteiger partial charge >= 0.3 is 0 Å². The normalized spacial score (nSPS) is 27.0. The Morgan fingerprint density at radius 3 is 3.11 bits per heavy atom. The molecule has 1 saturated heterocycles. The van der Waals surface area contributed by atoms with E-state index in [-0.39, 0.29) is 0 Å². The van der Waals surface area contributed by atoms with E-state index in [1.165, 1.54) is 19.3 Å². The molecule has 0 saturated carbocycles. The second-order valence-electron chi connectivity index (χ2n) is 2.56. The van der Waals surface area contributed by atoms with E-state index in [9.17, 15) is 0 Å². The quantitative estimate of drug-likeness (QED) is 0.616. The molecule has 0 spiro atoms. The Labute approximate surface area is 56.6 Å². The summed E-state index contributed by atoms with van der Waals surface area (Å²) in [6.07, 6.45) is 3.88. The molecule has 1 N–H and O–H groups in total. The van der Waals surface area contributed by atoms with Crippen molar-refractivity contribution in [2.75, 3.05) is 13.3 Å². The highest BCUT2D eigenvalue weighted by Crippen LogP contribution is 2.04. The van der Waals surface area contributed by atoms with Gasteiger partial charge in [0.05, 0.1) is 13.3 Å². The van der Waals surface area contributed by atoms with Gasteiger partial charge in [0.25, 0.3) is 0 Å². The molecule has 1 aliphatic heterocycles. The van der Waals surface area contributed by atoms with Crippen molar-refractivity contribution in [2.45, 2.75) is 32.2 Å². The Kier molecular flexibility index (Phi) is 3.01. The molecule has 0 aromatic heterocycles. The van der Waals surface area contributed by atoms with E-state index in [0.717, 1.165) is 13.3 Å². The summed E-state index contributed by atoms with van der Waals surface area (Å²) in [6.45, 7) is 3.89. The van der Waals surface area contributed by atoms with E-state index >= 15 is 0 Å². The second kappa shape index (κ2) is 3.85. The van der Waals surface area contributed by atoms with Crippen molar-refractivity contribution in [3.63, 3.8) is 0 Å². The minimum atomic E-state index is 0.643. The molecule has 0 bridgehead atoms. The lowest BCUT2D eigenvalue weighted by atomic mass is 10.1. The van der Waals surface area contributed by atoms with Crippen LogP contribution in [0.4, 0.5) is 0 Å². The molecule has 0 aromatic rings. The van der Waals surface area contributed by atoms with Crippen LogP contribution in [0.2, 0.25) is 0 Å². The van der Waals surface area contributed by atoms with Crippen LogP contribution in [0.1, 0.15) is 26.2 Å². The van der Waals surface area contributed by atoms with Gasteiger partial charge in [-0.25, -0.2) is 0 Å². The first-order valence-corrected chi connectivity index (χ1v) is 3.74. The SMILES string of the molecule is CCCCC1COCN1. The van der Waals surface area contributed by atoms with Crippen molar-refractivity contribution in [1.82, 2.24) is 5.32 Å². The first-order chi connectivity index (χ1) is 4.43. The minimum Gasteiger partial charge on any atom is -0.365 e. The Balaban J connectivity index is 1.98. The fourth-order valence-corrected chi connectivity index (χ4v) is 1.07. The van der Waals surface area contributed by atoms with Crippen LogP contribution >= 0.6 is 0 Å². The molecule has 0 radical (unpaired) electrons. The van der Waals surface area contributed by atoms with Crippen molar-refractivity contribution in [3.8, 4) is 0 Å². The molecule has 1 rings (SSSR count). The summed E-state index contributed by atoms with van der Waals surface area (Å²) in [7, 11) is 0. The summed E-state index contributed by atoms with van der Waals surface area (Å²) >= 11 is 0. The average molecular weight is 129 g/mol. The van der Waals surface area contributed by atoms with E-state index in [4.69, 9.17) is 4.74 Å². The van der Waals surface area contributed by atoms with Crippen molar-refractivity contribution in [2.24, 2.45) is 0 Å². The van der Waals surface area contributed by atoms with Crippen LogP contribution in [0.5, 0.6) is 0 Å². The zero-order valence-electron chi connectivity index (χ0n) is 6.02. The smallest absolute Gasteiger partial charge is 0.0968 e. The predicted octanol–water partition coefficient (Wildman–Crippen LogP) is 1.12. The fourth-order valence-electron chi connectivity index (χ4n) is 1.07. The number of unbranched alkanes of at least 4 members (excludes halogenated alkanes) is 1. The molecule has 1 heterocycles. The Morgan fingerprint density at radius 2 is 2.56 bits per heavy atom. The minimum absolute atomic E-state index is 0.643. The number of hydrogen-bond donors (Lipinski definition) is 1. The summed E-state index contributed by atoms with van der Waals surface area (Å²) in [5.41, 5.74) is 0. The van der Waals surface area contributed by atoms with Crippen molar-refractivity contribution >= 4 is 0 Å². The molecule has 1 unspecified atom stereocenters. The lowest BCUT2D eigenvalue weighted by Gasteiger charge is -2.04. The van der Waals surface area contributed by atoms with Crippen LogP contribution < -0.4 is 5.32 Å². The summed E-state index contributed by atoms with van der Waals surface area (Å²) in [6, 6.07) is 0.643. The van der Waals surface area contributed by atoms with Crippen LogP contribution in [0.25, 0.3) is 0 Å². The summed E-state index contributed by atoms with van der Waals surface area (Å²) < 4.78 is 5.14. The zero-order chi connectivity index (χ0) is 6.53. The first-order valence-electron chi connectivity index (χ1n) is 3.74. The third-order valence-corrected chi connectivity index (χ3v) is 1.70. The molecular formula is C7H15NO. The Morgan fingerprint density at radius 1 is 1.67 bits per heavy atom. The van der Waals surface area contributed by atoms with Crippen LogP contribution in [-0.2, 0) is 4.74 Å². The van der Waals surface area contributed by atoms with Gasteiger partial charge in [-0.05, 0) is 6.42 Å². The van der Waals surface area contributed by atoms with E-state index in [2.05, 4.69) is 12.2 Å². The van der Waals surface area contributed by atoms with Gasteiger partial charge in [-0.2, -0.15) is 0 Å². The summed E-state index contributed by atoms with van der Waals surface area (Å²) in [4.78, 5) is 0. The largest absolute Gasteiger partial charge is 0.365 e. The van der Waals surface area contributed by atoms with Crippen molar-refractivity contribution < 1.29 is 4.74 Å². The van der Waals surface area contributed by atoms with Gasteiger partial charge in [0.2, 0.25) is 0 Å². The maximum atomic E-state index is 5.14. The van der Waals surface area contributed by atoms with Gasteiger partial charge in [-0.15, -0.1) is 0 Å². The Hall–Kier alpha value is -0.0800. The monoisotopic (exact) mass is 129 g/mol. The topological polar surface area (TPSA) is 21.3 Å².